The van der Waals surface area contributed by atoms with E-state index in [9.17, 15) is 0 Å². The monoisotopic (exact) mass is 267 g/mol. The summed E-state index contributed by atoms with van der Waals surface area (Å²) in [6.07, 6.45) is 1.03. The highest BCUT2D eigenvalue weighted by Gasteiger charge is 2.29. The number of piperazine rings is 1. The van der Waals surface area contributed by atoms with Crippen molar-refractivity contribution in [2.24, 2.45) is 5.73 Å². The van der Waals surface area contributed by atoms with E-state index in [0.29, 0.717) is 12.1 Å². The molecule has 0 radical (unpaired) electrons. The van der Waals surface area contributed by atoms with Gasteiger partial charge in [-0.3, -0.25) is 0 Å². The van der Waals surface area contributed by atoms with Gasteiger partial charge in [0.15, 0.2) is 0 Å². The molecule has 0 aliphatic carbocycles. The number of hydrogen-bond donors (Lipinski definition) is 1. The molecule has 0 saturated carbocycles. The van der Waals surface area contributed by atoms with Gasteiger partial charge in [-0.05, 0) is 51.2 Å². The summed E-state index contributed by atoms with van der Waals surface area (Å²) in [6, 6.07) is 9.12. The molecule has 1 aliphatic heterocycles. The van der Waals surface area contributed by atoms with E-state index >= 15 is 0 Å². The number of halogens is 1. The first-order valence-corrected chi connectivity index (χ1v) is 6.92. The molecule has 1 aromatic rings. The van der Waals surface area contributed by atoms with Crippen molar-refractivity contribution < 1.29 is 0 Å². The SMILES string of the molecule is CC1CN(C)CC(CCN)N1c1ccc(Cl)cc1. The van der Waals surface area contributed by atoms with Crippen LogP contribution in [0.1, 0.15) is 13.3 Å². The normalized spacial score (nSPS) is 25.4. The van der Waals surface area contributed by atoms with Crippen LogP contribution in [0.3, 0.4) is 0 Å². The van der Waals surface area contributed by atoms with Crippen LogP contribution >= 0.6 is 11.6 Å². The zero-order valence-electron chi connectivity index (χ0n) is 11.1. The van der Waals surface area contributed by atoms with E-state index in [-0.39, 0.29) is 0 Å². The zero-order valence-corrected chi connectivity index (χ0v) is 11.9. The van der Waals surface area contributed by atoms with E-state index in [0.717, 1.165) is 31.1 Å². The van der Waals surface area contributed by atoms with Gasteiger partial charge in [0.1, 0.15) is 0 Å². The van der Waals surface area contributed by atoms with Gasteiger partial charge in [-0.2, -0.15) is 0 Å². The van der Waals surface area contributed by atoms with Gasteiger partial charge >= 0.3 is 0 Å². The predicted molar refractivity (Wildman–Crippen MR) is 78.3 cm³/mol. The Morgan fingerprint density at radius 3 is 2.56 bits per heavy atom. The molecule has 2 rings (SSSR count). The summed E-state index contributed by atoms with van der Waals surface area (Å²) < 4.78 is 0. The Bertz CT molecular complexity index is 379. The van der Waals surface area contributed by atoms with Gasteiger partial charge in [0.05, 0.1) is 0 Å². The van der Waals surface area contributed by atoms with Crippen LogP contribution < -0.4 is 10.6 Å². The minimum absolute atomic E-state index is 0.491. The lowest BCUT2D eigenvalue weighted by molar-refractivity contribution is 0.227. The fourth-order valence-electron chi connectivity index (χ4n) is 2.92. The largest absolute Gasteiger partial charge is 0.363 e. The number of rotatable bonds is 3. The summed E-state index contributed by atoms with van der Waals surface area (Å²) in [5, 5.41) is 0.788. The van der Waals surface area contributed by atoms with Crippen LogP contribution in [0.2, 0.25) is 5.02 Å². The number of benzene rings is 1. The Labute approximate surface area is 115 Å². The standard InChI is InChI=1S/C14H22ClN3/c1-11-9-17(2)10-14(7-8-16)18(11)13-5-3-12(15)4-6-13/h3-6,11,14H,7-10,16H2,1-2H3. The molecule has 18 heavy (non-hydrogen) atoms. The zero-order chi connectivity index (χ0) is 13.1. The highest BCUT2D eigenvalue weighted by atomic mass is 35.5. The molecule has 1 fully saturated rings. The molecule has 0 aromatic heterocycles. The maximum Gasteiger partial charge on any atom is 0.0432 e. The van der Waals surface area contributed by atoms with E-state index in [4.69, 9.17) is 17.3 Å². The summed E-state index contributed by atoms with van der Waals surface area (Å²) >= 11 is 5.96. The molecule has 3 nitrogen and oxygen atoms in total. The number of likely N-dealkylation sites (N-methyl/N-ethyl adjacent to an activating group) is 1. The second-order valence-corrected chi connectivity index (χ2v) is 5.62. The molecule has 2 unspecified atom stereocenters. The summed E-state index contributed by atoms with van der Waals surface area (Å²) in [7, 11) is 2.18. The van der Waals surface area contributed by atoms with Gasteiger partial charge < -0.3 is 15.5 Å². The highest BCUT2D eigenvalue weighted by molar-refractivity contribution is 6.30. The van der Waals surface area contributed by atoms with Crippen LogP contribution in [0, 0.1) is 0 Å². The first-order valence-electron chi connectivity index (χ1n) is 6.54. The van der Waals surface area contributed by atoms with Crippen molar-refractivity contribution >= 4 is 17.3 Å². The summed E-state index contributed by atoms with van der Waals surface area (Å²) in [6.45, 7) is 5.16. The maximum absolute atomic E-state index is 5.96. The van der Waals surface area contributed by atoms with Gasteiger partial charge in [0.25, 0.3) is 0 Å². The van der Waals surface area contributed by atoms with Crippen LogP contribution in [0.25, 0.3) is 0 Å². The van der Waals surface area contributed by atoms with Crippen LogP contribution in [-0.4, -0.2) is 43.7 Å². The number of nitrogens with zero attached hydrogens (tertiary/aromatic N) is 2. The molecular weight excluding hydrogens is 246 g/mol. The van der Waals surface area contributed by atoms with Crippen molar-refractivity contribution in [2.75, 3.05) is 31.6 Å². The van der Waals surface area contributed by atoms with E-state index in [2.05, 4.69) is 35.9 Å². The average Bonchev–Trinajstić information content (AvgIpc) is 2.31. The Morgan fingerprint density at radius 2 is 1.94 bits per heavy atom. The smallest absolute Gasteiger partial charge is 0.0432 e. The van der Waals surface area contributed by atoms with Crippen molar-refractivity contribution in [3.8, 4) is 0 Å². The van der Waals surface area contributed by atoms with Gasteiger partial charge in [-0.15, -0.1) is 0 Å². The highest BCUT2D eigenvalue weighted by Crippen LogP contribution is 2.26. The fourth-order valence-corrected chi connectivity index (χ4v) is 3.05. The van der Waals surface area contributed by atoms with E-state index in [1.54, 1.807) is 0 Å². The van der Waals surface area contributed by atoms with Gasteiger partial charge in [-0.25, -0.2) is 0 Å². The third-order valence-electron chi connectivity index (χ3n) is 3.59. The summed E-state index contributed by atoms with van der Waals surface area (Å²) in [5.74, 6) is 0. The molecule has 0 amide bonds. The molecule has 100 valence electrons. The Kier molecular flexibility index (Phi) is 4.49. The average molecular weight is 268 g/mol. The molecule has 0 spiro atoms. The molecule has 2 N–H and O–H groups in total. The Morgan fingerprint density at radius 1 is 1.28 bits per heavy atom. The van der Waals surface area contributed by atoms with Gasteiger partial charge in [0, 0.05) is 35.9 Å². The van der Waals surface area contributed by atoms with Crippen molar-refractivity contribution in [3.63, 3.8) is 0 Å². The van der Waals surface area contributed by atoms with Crippen molar-refractivity contribution in [1.82, 2.24) is 4.90 Å². The molecular formula is C14H22ClN3. The predicted octanol–water partition coefficient (Wildman–Crippen LogP) is 2.20. The van der Waals surface area contributed by atoms with E-state index < -0.39 is 0 Å². The molecule has 2 atom stereocenters. The first-order chi connectivity index (χ1) is 8.61. The quantitative estimate of drug-likeness (QED) is 0.911. The van der Waals surface area contributed by atoms with Crippen LogP contribution in [-0.2, 0) is 0 Å². The van der Waals surface area contributed by atoms with Crippen LogP contribution in [0.5, 0.6) is 0 Å². The Balaban J connectivity index is 2.23. The van der Waals surface area contributed by atoms with Gasteiger partial charge in [-0.1, -0.05) is 11.6 Å². The second-order valence-electron chi connectivity index (χ2n) is 5.19. The lowest BCUT2D eigenvalue weighted by Gasteiger charge is -2.46. The molecule has 1 heterocycles. The Hall–Kier alpha value is -0.770. The summed E-state index contributed by atoms with van der Waals surface area (Å²) in [4.78, 5) is 4.88. The third kappa shape index (κ3) is 2.97. The maximum atomic E-state index is 5.96. The molecule has 4 heteroatoms. The van der Waals surface area contributed by atoms with Crippen LogP contribution in [0.4, 0.5) is 5.69 Å². The van der Waals surface area contributed by atoms with Crippen molar-refractivity contribution in [1.29, 1.82) is 0 Å². The first kappa shape index (κ1) is 13.7. The molecule has 1 aliphatic rings. The molecule has 0 bridgehead atoms. The van der Waals surface area contributed by atoms with Gasteiger partial charge in [0.2, 0.25) is 0 Å². The lowest BCUT2D eigenvalue weighted by Crippen LogP contribution is -2.57. The number of anilines is 1. The van der Waals surface area contributed by atoms with Crippen LogP contribution in [0.15, 0.2) is 24.3 Å². The number of nitrogens with two attached hydrogens (primary N) is 1. The van der Waals surface area contributed by atoms with E-state index in [1.807, 2.05) is 12.1 Å². The van der Waals surface area contributed by atoms with Crippen molar-refractivity contribution in [2.45, 2.75) is 25.4 Å². The van der Waals surface area contributed by atoms with Crippen molar-refractivity contribution in [3.05, 3.63) is 29.3 Å². The minimum Gasteiger partial charge on any atom is -0.363 e. The molecule has 1 saturated heterocycles. The molecule has 1 aromatic carbocycles. The minimum atomic E-state index is 0.491. The third-order valence-corrected chi connectivity index (χ3v) is 3.84. The second kappa shape index (κ2) is 5.91. The summed E-state index contributed by atoms with van der Waals surface area (Å²) in [5.41, 5.74) is 7.00. The number of hydrogen-bond acceptors (Lipinski definition) is 3. The lowest BCUT2D eigenvalue weighted by atomic mass is 10.0. The fraction of sp³-hybridized carbons (Fsp3) is 0.571. The topological polar surface area (TPSA) is 32.5 Å². The van der Waals surface area contributed by atoms with E-state index in [1.165, 1.54) is 5.69 Å².